The van der Waals surface area contributed by atoms with E-state index in [1.807, 2.05) is 13.8 Å². The van der Waals surface area contributed by atoms with E-state index < -0.39 is 5.91 Å². The molecule has 8 nitrogen and oxygen atoms in total. The summed E-state index contributed by atoms with van der Waals surface area (Å²) in [5.41, 5.74) is 1.02. The molecule has 1 heterocycles. The molecule has 1 aromatic carbocycles. The van der Waals surface area contributed by atoms with Gasteiger partial charge in [-0.15, -0.1) is 10.2 Å². The Bertz CT molecular complexity index is 621. The Hall–Kier alpha value is -2.77. The van der Waals surface area contributed by atoms with Gasteiger partial charge >= 0.3 is 0 Å². The number of amides is 2. The second-order valence-corrected chi connectivity index (χ2v) is 4.25. The normalized spacial score (nSPS) is 10.2. The highest BCUT2D eigenvalue weighted by molar-refractivity contribution is 6.02. The Labute approximate surface area is 121 Å². The van der Waals surface area contributed by atoms with Crippen molar-refractivity contribution >= 4 is 17.5 Å². The molecule has 2 N–H and O–H groups in total. The van der Waals surface area contributed by atoms with E-state index in [1.165, 1.54) is 0 Å². The molecule has 0 unspecified atom stereocenters. The first-order valence-electron chi connectivity index (χ1n) is 6.59. The Morgan fingerprint density at radius 1 is 1.29 bits per heavy atom. The molecule has 2 amide bonds. The Kier molecular flexibility index (Phi) is 4.60. The number of anilines is 1. The highest BCUT2D eigenvalue weighted by Gasteiger charge is 2.14. The van der Waals surface area contributed by atoms with Crippen molar-refractivity contribution in [1.29, 1.82) is 0 Å². The molecule has 0 saturated heterocycles. The molecule has 0 atom stereocenters. The fraction of sp³-hybridized carbons (Fsp3) is 0.308. The quantitative estimate of drug-likeness (QED) is 0.852. The number of nitrogens with one attached hydrogen (secondary N) is 2. The number of carbonyl (C=O) groups excluding carboxylic acids is 2. The van der Waals surface area contributed by atoms with Crippen molar-refractivity contribution in [2.45, 2.75) is 13.8 Å². The van der Waals surface area contributed by atoms with Gasteiger partial charge in [-0.1, -0.05) is 6.07 Å². The highest BCUT2D eigenvalue weighted by Crippen LogP contribution is 2.13. The van der Waals surface area contributed by atoms with Crippen LogP contribution < -0.4 is 5.32 Å². The van der Waals surface area contributed by atoms with E-state index in [-0.39, 0.29) is 11.7 Å². The van der Waals surface area contributed by atoms with Crippen LogP contribution in [0.2, 0.25) is 0 Å². The summed E-state index contributed by atoms with van der Waals surface area (Å²) in [6.07, 6.45) is 0. The van der Waals surface area contributed by atoms with Gasteiger partial charge in [0.15, 0.2) is 0 Å². The van der Waals surface area contributed by atoms with Crippen molar-refractivity contribution in [3.8, 4) is 0 Å². The predicted octanol–water partition coefficient (Wildman–Crippen LogP) is 0.934. The first-order valence-corrected chi connectivity index (χ1v) is 6.59. The Morgan fingerprint density at radius 2 is 2.05 bits per heavy atom. The van der Waals surface area contributed by atoms with Crippen LogP contribution in [0.5, 0.6) is 0 Å². The van der Waals surface area contributed by atoms with Crippen molar-refractivity contribution < 1.29 is 9.59 Å². The van der Waals surface area contributed by atoms with E-state index in [0.29, 0.717) is 24.3 Å². The molecule has 21 heavy (non-hydrogen) atoms. The number of tetrazole rings is 1. The van der Waals surface area contributed by atoms with Gasteiger partial charge in [-0.3, -0.25) is 9.59 Å². The topological polar surface area (TPSA) is 104 Å². The second kappa shape index (κ2) is 6.60. The fourth-order valence-corrected chi connectivity index (χ4v) is 1.87. The average molecular weight is 288 g/mol. The van der Waals surface area contributed by atoms with Crippen molar-refractivity contribution in [2.24, 2.45) is 0 Å². The number of hydrogen-bond donors (Lipinski definition) is 2. The first-order chi connectivity index (χ1) is 10.2. The van der Waals surface area contributed by atoms with E-state index >= 15 is 0 Å². The second-order valence-electron chi connectivity index (χ2n) is 4.25. The van der Waals surface area contributed by atoms with Crippen LogP contribution >= 0.6 is 0 Å². The molecule has 0 bridgehead atoms. The van der Waals surface area contributed by atoms with Crippen molar-refractivity contribution in [2.75, 3.05) is 18.4 Å². The number of carbonyl (C=O) groups is 2. The summed E-state index contributed by atoms with van der Waals surface area (Å²) in [7, 11) is 0. The lowest BCUT2D eigenvalue weighted by molar-refractivity contribution is 0.0772. The maximum atomic E-state index is 12.2. The molecule has 0 spiro atoms. The number of benzene rings is 1. The van der Waals surface area contributed by atoms with E-state index in [1.54, 1.807) is 29.2 Å². The standard InChI is InChI=1S/C13H16N6O2/c1-3-19(4-2)13(21)9-6-5-7-10(8-9)14-12(20)11-15-17-18-16-11/h5-8H,3-4H2,1-2H3,(H,14,20)(H,15,16,17,18). The zero-order chi connectivity index (χ0) is 15.2. The highest BCUT2D eigenvalue weighted by atomic mass is 16.2. The molecule has 2 rings (SSSR count). The summed E-state index contributed by atoms with van der Waals surface area (Å²) in [4.78, 5) is 25.8. The minimum absolute atomic E-state index is 0.0597. The Morgan fingerprint density at radius 3 is 2.67 bits per heavy atom. The van der Waals surface area contributed by atoms with Crippen LogP contribution in [0.15, 0.2) is 24.3 Å². The third-order valence-corrected chi connectivity index (χ3v) is 2.97. The van der Waals surface area contributed by atoms with Gasteiger partial charge in [0.2, 0.25) is 0 Å². The zero-order valence-electron chi connectivity index (χ0n) is 11.8. The zero-order valence-corrected chi connectivity index (χ0v) is 11.8. The number of rotatable bonds is 5. The van der Waals surface area contributed by atoms with Gasteiger partial charge in [-0.25, -0.2) is 0 Å². The minimum atomic E-state index is -0.490. The SMILES string of the molecule is CCN(CC)C(=O)c1cccc(NC(=O)c2nn[nH]n2)c1. The maximum absolute atomic E-state index is 12.2. The summed E-state index contributed by atoms with van der Waals surface area (Å²) >= 11 is 0. The van der Waals surface area contributed by atoms with E-state index in [4.69, 9.17) is 0 Å². The van der Waals surface area contributed by atoms with Gasteiger partial charge in [0.05, 0.1) is 0 Å². The Balaban J connectivity index is 2.14. The lowest BCUT2D eigenvalue weighted by atomic mass is 10.1. The van der Waals surface area contributed by atoms with Gasteiger partial charge in [-0.05, 0) is 37.3 Å². The smallest absolute Gasteiger partial charge is 0.297 e. The van der Waals surface area contributed by atoms with Gasteiger partial charge in [-0.2, -0.15) is 5.21 Å². The fourth-order valence-electron chi connectivity index (χ4n) is 1.87. The van der Waals surface area contributed by atoms with Crippen molar-refractivity contribution in [1.82, 2.24) is 25.5 Å². The number of aromatic nitrogens is 4. The number of nitrogens with zero attached hydrogens (tertiary/aromatic N) is 4. The summed E-state index contributed by atoms with van der Waals surface area (Å²) in [6, 6.07) is 6.74. The summed E-state index contributed by atoms with van der Waals surface area (Å²) in [6.45, 7) is 5.11. The monoisotopic (exact) mass is 288 g/mol. The van der Waals surface area contributed by atoms with Gasteiger partial charge in [0, 0.05) is 24.3 Å². The van der Waals surface area contributed by atoms with E-state index in [2.05, 4.69) is 25.9 Å². The molecule has 8 heteroatoms. The molecule has 0 aliphatic rings. The van der Waals surface area contributed by atoms with Crippen LogP contribution in [0.25, 0.3) is 0 Å². The lowest BCUT2D eigenvalue weighted by Gasteiger charge is -2.18. The first kappa shape index (κ1) is 14.6. The van der Waals surface area contributed by atoms with Crippen molar-refractivity contribution in [3.05, 3.63) is 35.7 Å². The summed E-state index contributed by atoms with van der Waals surface area (Å²) < 4.78 is 0. The molecule has 0 radical (unpaired) electrons. The molecule has 0 aliphatic heterocycles. The number of hydrogen-bond acceptors (Lipinski definition) is 5. The third kappa shape index (κ3) is 3.41. The largest absolute Gasteiger partial charge is 0.339 e. The van der Waals surface area contributed by atoms with Crippen LogP contribution in [0.1, 0.15) is 34.8 Å². The van der Waals surface area contributed by atoms with Crippen LogP contribution in [-0.4, -0.2) is 50.4 Å². The van der Waals surface area contributed by atoms with Crippen LogP contribution in [0.3, 0.4) is 0 Å². The van der Waals surface area contributed by atoms with E-state index in [0.717, 1.165) is 0 Å². The maximum Gasteiger partial charge on any atom is 0.297 e. The van der Waals surface area contributed by atoms with Crippen molar-refractivity contribution in [3.63, 3.8) is 0 Å². The number of H-pyrrole nitrogens is 1. The van der Waals surface area contributed by atoms with E-state index in [9.17, 15) is 9.59 Å². The molecule has 0 saturated carbocycles. The molecular formula is C13H16N6O2. The van der Waals surface area contributed by atoms with Crippen LogP contribution in [0, 0.1) is 0 Å². The molecule has 0 aliphatic carbocycles. The lowest BCUT2D eigenvalue weighted by Crippen LogP contribution is -2.30. The average Bonchev–Trinajstić information content (AvgIpc) is 3.03. The third-order valence-electron chi connectivity index (χ3n) is 2.97. The van der Waals surface area contributed by atoms with Gasteiger partial charge < -0.3 is 10.2 Å². The summed E-state index contributed by atoms with van der Waals surface area (Å²) in [5, 5.41) is 15.3. The molecule has 2 aromatic rings. The van der Waals surface area contributed by atoms with Crippen LogP contribution in [0.4, 0.5) is 5.69 Å². The number of aromatic amines is 1. The minimum Gasteiger partial charge on any atom is -0.339 e. The predicted molar refractivity (Wildman–Crippen MR) is 75.8 cm³/mol. The van der Waals surface area contributed by atoms with Crippen LogP contribution in [-0.2, 0) is 0 Å². The molecular weight excluding hydrogens is 272 g/mol. The molecule has 1 aromatic heterocycles. The van der Waals surface area contributed by atoms with Gasteiger partial charge in [0.1, 0.15) is 0 Å². The summed E-state index contributed by atoms with van der Waals surface area (Å²) in [5.74, 6) is -0.623. The molecule has 110 valence electrons. The molecule has 0 fully saturated rings. The van der Waals surface area contributed by atoms with Gasteiger partial charge in [0.25, 0.3) is 17.6 Å².